The molecule has 1 fully saturated rings. The van der Waals surface area contributed by atoms with Gasteiger partial charge in [0.15, 0.2) is 0 Å². The van der Waals surface area contributed by atoms with Crippen LogP contribution >= 0.6 is 0 Å². The second-order valence-electron chi connectivity index (χ2n) is 4.02. The fourth-order valence-corrected chi connectivity index (χ4v) is 2.40. The van der Waals surface area contributed by atoms with Crippen molar-refractivity contribution in [3.63, 3.8) is 0 Å². The molecule has 1 atom stereocenters. The van der Waals surface area contributed by atoms with Crippen molar-refractivity contribution in [3.05, 3.63) is 23.8 Å². The third kappa shape index (κ3) is 0.947. The predicted octanol–water partition coefficient (Wildman–Crippen LogP) is 2.35. The molecule has 2 nitrogen and oxygen atoms in total. The number of hydrogen-bond acceptors (Lipinski definition) is 2. The minimum atomic E-state index is 0.580. The monoisotopic (exact) mass is 174 g/mol. The van der Waals surface area contributed by atoms with Gasteiger partial charge in [0.1, 0.15) is 0 Å². The van der Waals surface area contributed by atoms with E-state index in [2.05, 4.69) is 35.3 Å². The van der Waals surface area contributed by atoms with Crippen LogP contribution in [0.15, 0.2) is 18.2 Å². The molecule has 0 aromatic heterocycles. The first-order valence-electron chi connectivity index (χ1n) is 4.98. The first-order valence-corrected chi connectivity index (χ1v) is 4.98. The van der Waals surface area contributed by atoms with E-state index in [0.29, 0.717) is 6.17 Å². The zero-order valence-corrected chi connectivity index (χ0v) is 7.88. The number of fused-ring (bicyclic) bond motifs is 3. The van der Waals surface area contributed by atoms with Gasteiger partial charge >= 0.3 is 0 Å². The molecule has 0 radical (unpaired) electrons. The number of anilines is 2. The number of benzene rings is 1. The summed E-state index contributed by atoms with van der Waals surface area (Å²) in [7, 11) is 0. The molecule has 0 amide bonds. The fourth-order valence-electron chi connectivity index (χ4n) is 2.40. The zero-order chi connectivity index (χ0) is 8.84. The molecular weight excluding hydrogens is 160 g/mol. The van der Waals surface area contributed by atoms with Crippen molar-refractivity contribution in [2.24, 2.45) is 0 Å². The Bertz CT molecular complexity index is 346. The Kier molecular flexibility index (Phi) is 1.34. The molecule has 2 aliphatic heterocycles. The van der Waals surface area contributed by atoms with Gasteiger partial charge in [-0.15, -0.1) is 0 Å². The second-order valence-corrected chi connectivity index (χ2v) is 4.02. The van der Waals surface area contributed by atoms with E-state index in [1.54, 1.807) is 0 Å². The molecule has 0 bridgehead atoms. The van der Waals surface area contributed by atoms with Gasteiger partial charge in [0.25, 0.3) is 0 Å². The van der Waals surface area contributed by atoms with E-state index < -0.39 is 0 Å². The van der Waals surface area contributed by atoms with Crippen molar-refractivity contribution in [1.82, 2.24) is 0 Å². The lowest BCUT2D eigenvalue weighted by atomic mass is 10.2. The van der Waals surface area contributed by atoms with Crippen molar-refractivity contribution in [2.45, 2.75) is 25.9 Å². The number of aryl methyl sites for hydroxylation is 1. The summed E-state index contributed by atoms with van der Waals surface area (Å²) in [5.41, 5.74) is 4.06. The van der Waals surface area contributed by atoms with Crippen molar-refractivity contribution in [3.8, 4) is 0 Å². The molecule has 1 aromatic carbocycles. The molecule has 0 aliphatic carbocycles. The van der Waals surface area contributed by atoms with Crippen LogP contribution in [0.2, 0.25) is 0 Å². The van der Waals surface area contributed by atoms with Crippen LogP contribution in [0.25, 0.3) is 0 Å². The highest BCUT2D eigenvalue weighted by Gasteiger charge is 2.31. The third-order valence-corrected chi connectivity index (χ3v) is 3.04. The number of nitrogens with one attached hydrogen (secondary N) is 1. The second kappa shape index (κ2) is 2.41. The topological polar surface area (TPSA) is 15.3 Å². The highest BCUT2D eigenvalue weighted by Crippen LogP contribution is 2.39. The zero-order valence-electron chi connectivity index (χ0n) is 7.88. The van der Waals surface area contributed by atoms with Gasteiger partial charge in [-0.3, -0.25) is 0 Å². The molecule has 1 aromatic rings. The van der Waals surface area contributed by atoms with Gasteiger partial charge in [-0.25, -0.2) is 0 Å². The molecule has 0 saturated carbocycles. The van der Waals surface area contributed by atoms with Crippen molar-refractivity contribution in [1.29, 1.82) is 0 Å². The molecule has 2 aliphatic rings. The van der Waals surface area contributed by atoms with Crippen LogP contribution < -0.4 is 10.2 Å². The van der Waals surface area contributed by atoms with Gasteiger partial charge in [-0.1, -0.05) is 6.07 Å². The summed E-state index contributed by atoms with van der Waals surface area (Å²) in [5, 5.41) is 3.56. The minimum Gasteiger partial charge on any atom is -0.363 e. The van der Waals surface area contributed by atoms with Gasteiger partial charge in [-0.05, 0) is 37.5 Å². The molecule has 1 unspecified atom stereocenters. The van der Waals surface area contributed by atoms with Crippen LogP contribution in [-0.4, -0.2) is 12.7 Å². The smallest absolute Gasteiger partial charge is 0.0991 e. The summed E-state index contributed by atoms with van der Waals surface area (Å²) < 4.78 is 0. The summed E-state index contributed by atoms with van der Waals surface area (Å²) in [6.45, 7) is 3.36. The lowest BCUT2D eigenvalue weighted by molar-refractivity contribution is 0.779. The normalized spacial score (nSPS) is 24.1. The van der Waals surface area contributed by atoms with Crippen LogP contribution in [0.5, 0.6) is 0 Å². The highest BCUT2D eigenvalue weighted by molar-refractivity contribution is 5.77. The Labute approximate surface area is 78.6 Å². The van der Waals surface area contributed by atoms with Crippen LogP contribution in [0, 0.1) is 6.92 Å². The summed E-state index contributed by atoms with van der Waals surface area (Å²) in [5.74, 6) is 0. The van der Waals surface area contributed by atoms with Crippen molar-refractivity contribution >= 4 is 11.4 Å². The molecule has 1 saturated heterocycles. The Morgan fingerprint density at radius 1 is 1.46 bits per heavy atom. The SMILES string of the molecule is Cc1ccc2c(c1)NC1CCCN21. The number of rotatable bonds is 0. The van der Waals surface area contributed by atoms with Gasteiger partial charge in [0, 0.05) is 6.54 Å². The standard InChI is InChI=1S/C11H14N2/c1-8-4-5-10-9(7-8)12-11-3-2-6-13(10)11/h4-5,7,11-12H,2-3,6H2,1H3. The molecule has 13 heavy (non-hydrogen) atoms. The molecular formula is C11H14N2. The largest absolute Gasteiger partial charge is 0.363 e. The van der Waals surface area contributed by atoms with Crippen LogP contribution in [0.3, 0.4) is 0 Å². The lowest BCUT2D eigenvalue weighted by Crippen LogP contribution is -2.28. The van der Waals surface area contributed by atoms with Gasteiger partial charge in [-0.2, -0.15) is 0 Å². The summed E-state index contributed by atoms with van der Waals surface area (Å²) >= 11 is 0. The third-order valence-electron chi connectivity index (χ3n) is 3.04. The van der Waals surface area contributed by atoms with Crippen LogP contribution in [-0.2, 0) is 0 Å². The van der Waals surface area contributed by atoms with E-state index in [9.17, 15) is 0 Å². The Hall–Kier alpha value is -1.18. The van der Waals surface area contributed by atoms with E-state index >= 15 is 0 Å². The Balaban J connectivity index is 2.08. The van der Waals surface area contributed by atoms with E-state index in [0.717, 1.165) is 0 Å². The molecule has 68 valence electrons. The molecule has 1 N–H and O–H groups in total. The van der Waals surface area contributed by atoms with Crippen molar-refractivity contribution < 1.29 is 0 Å². The first kappa shape index (κ1) is 7.25. The number of hydrogen-bond donors (Lipinski definition) is 1. The first-order chi connectivity index (χ1) is 6.34. The quantitative estimate of drug-likeness (QED) is 0.649. The molecule has 3 rings (SSSR count). The average Bonchev–Trinajstić information content (AvgIpc) is 2.62. The number of nitrogens with zero attached hydrogens (tertiary/aromatic N) is 1. The van der Waals surface area contributed by atoms with E-state index in [-0.39, 0.29) is 0 Å². The highest BCUT2D eigenvalue weighted by atomic mass is 15.3. The summed E-state index contributed by atoms with van der Waals surface area (Å²) in [6, 6.07) is 6.68. The van der Waals surface area contributed by atoms with Gasteiger partial charge in [0.2, 0.25) is 0 Å². The van der Waals surface area contributed by atoms with Crippen LogP contribution in [0.1, 0.15) is 18.4 Å². The Morgan fingerprint density at radius 2 is 2.38 bits per heavy atom. The molecule has 2 heteroatoms. The fraction of sp³-hybridized carbons (Fsp3) is 0.455. The van der Waals surface area contributed by atoms with E-state index in [1.807, 2.05) is 0 Å². The average molecular weight is 174 g/mol. The van der Waals surface area contributed by atoms with E-state index in [1.165, 1.54) is 36.3 Å². The lowest BCUT2D eigenvalue weighted by Gasteiger charge is -2.16. The molecule has 2 heterocycles. The van der Waals surface area contributed by atoms with Gasteiger partial charge in [0.05, 0.1) is 17.5 Å². The van der Waals surface area contributed by atoms with E-state index in [4.69, 9.17) is 0 Å². The molecule has 0 spiro atoms. The van der Waals surface area contributed by atoms with Crippen LogP contribution in [0.4, 0.5) is 11.4 Å². The predicted molar refractivity (Wildman–Crippen MR) is 55.2 cm³/mol. The van der Waals surface area contributed by atoms with Crippen molar-refractivity contribution in [2.75, 3.05) is 16.8 Å². The summed E-state index contributed by atoms with van der Waals surface area (Å²) in [4.78, 5) is 2.48. The Morgan fingerprint density at radius 3 is 3.31 bits per heavy atom. The maximum atomic E-state index is 3.56. The minimum absolute atomic E-state index is 0.580. The maximum absolute atomic E-state index is 3.56. The summed E-state index contributed by atoms with van der Waals surface area (Å²) in [6.07, 6.45) is 3.19. The van der Waals surface area contributed by atoms with Gasteiger partial charge < -0.3 is 10.2 Å². The maximum Gasteiger partial charge on any atom is 0.0991 e.